The van der Waals surface area contributed by atoms with Crippen molar-refractivity contribution in [3.05, 3.63) is 35.4 Å². The van der Waals surface area contributed by atoms with Crippen LogP contribution in [0.25, 0.3) is 0 Å². The Hall–Kier alpha value is -0.0900. The SMILES string of the molecule is CC1(C)Cc2ccccc2CCN1I. The normalized spacial score (nSPS) is 21.4. The van der Waals surface area contributed by atoms with Crippen LogP contribution in [-0.4, -0.2) is 15.2 Å². The maximum absolute atomic E-state index is 2.46. The Bertz CT molecular complexity index is 333. The topological polar surface area (TPSA) is 3.24 Å². The number of fused-ring (bicyclic) bond motifs is 1. The lowest BCUT2D eigenvalue weighted by Gasteiger charge is -2.31. The summed E-state index contributed by atoms with van der Waals surface area (Å²) in [6.45, 7) is 5.80. The minimum atomic E-state index is 0.285. The first-order chi connectivity index (χ1) is 6.59. The highest BCUT2D eigenvalue weighted by molar-refractivity contribution is 14.1. The molecule has 1 aliphatic rings. The number of rotatable bonds is 0. The summed E-state index contributed by atoms with van der Waals surface area (Å²) in [5, 5.41) is 0. The van der Waals surface area contributed by atoms with Crippen LogP contribution in [0.4, 0.5) is 0 Å². The zero-order valence-corrected chi connectivity index (χ0v) is 10.9. The Morgan fingerprint density at radius 3 is 2.57 bits per heavy atom. The summed E-state index contributed by atoms with van der Waals surface area (Å²) < 4.78 is 2.44. The van der Waals surface area contributed by atoms with Gasteiger partial charge >= 0.3 is 0 Å². The summed E-state index contributed by atoms with van der Waals surface area (Å²) in [6.07, 6.45) is 2.34. The van der Waals surface area contributed by atoms with E-state index in [1.165, 1.54) is 17.5 Å². The molecular weight excluding hydrogens is 285 g/mol. The molecule has 0 fully saturated rings. The van der Waals surface area contributed by atoms with Crippen molar-refractivity contribution >= 4 is 22.9 Å². The van der Waals surface area contributed by atoms with Crippen LogP contribution >= 0.6 is 22.9 Å². The zero-order chi connectivity index (χ0) is 10.2. The molecule has 1 heterocycles. The van der Waals surface area contributed by atoms with Crippen LogP contribution in [0.1, 0.15) is 25.0 Å². The van der Waals surface area contributed by atoms with Gasteiger partial charge in [0.05, 0.1) is 0 Å². The Morgan fingerprint density at radius 2 is 1.86 bits per heavy atom. The van der Waals surface area contributed by atoms with Gasteiger partial charge in [0.1, 0.15) is 0 Å². The molecule has 0 unspecified atom stereocenters. The summed E-state index contributed by atoms with van der Waals surface area (Å²) >= 11 is 2.46. The molecule has 0 aliphatic carbocycles. The molecule has 14 heavy (non-hydrogen) atoms. The molecule has 2 heteroatoms. The van der Waals surface area contributed by atoms with Crippen LogP contribution in [0, 0.1) is 0 Å². The fourth-order valence-electron chi connectivity index (χ4n) is 2.05. The summed E-state index contributed by atoms with van der Waals surface area (Å²) in [7, 11) is 0. The molecule has 0 amide bonds. The molecule has 0 saturated heterocycles. The van der Waals surface area contributed by atoms with Crippen LogP contribution in [-0.2, 0) is 12.8 Å². The highest BCUT2D eigenvalue weighted by Gasteiger charge is 2.28. The molecule has 0 atom stereocenters. The van der Waals surface area contributed by atoms with Crippen molar-refractivity contribution in [2.24, 2.45) is 0 Å². The summed E-state index contributed by atoms with van der Waals surface area (Å²) in [5.41, 5.74) is 3.34. The molecule has 0 radical (unpaired) electrons. The molecule has 0 aromatic heterocycles. The maximum Gasteiger partial charge on any atom is 0.0289 e. The van der Waals surface area contributed by atoms with E-state index in [1.54, 1.807) is 0 Å². The highest BCUT2D eigenvalue weighted by atomic mass is 127. The average molecular weight is 301 g/mol. The average Bonchev–Trinajstić information content (AvgIpc) is 2.25. The predicted molar refractivity (Wildman–Crippen MR) is 68.7 cm³/mol. The van der Waals surface area contributed by atoms with Gasteiger partial charge in [-0.05, 0) is 37.8 Å². The van der Waals surface area contributed by atoms with E-state index < -0.39 is 0 Å². The lowest BCUT2D eigenvalue weighted by molar-refractivity contribution is 0.283. The van der Waals surface area contributed by atoms with E-state index in [2.05, 4.69) is 64.1 Å². The van der Waals surface area contributed by atoms with E-state index in [0.717, 1.165) is 13.0 Å². The number of benzene rings is 1. The standard InChI is InChI=1S/C12H16IN/c1-12(2)9-11-6-4-3-5-10(11)7-8-14(12)13/h3-6H,7-9H2,1-2H3. The highest BCUT2D eigenvalue weighted by Crippen LogP contribution is 2.29. The molecule has 76 valence electrons. The molecular formula is C12H16IN. The van der Waals surface area contributed by atoms with Crippen LogP contribution < -0.4 is 0 Å². The second-order valence-corrected chi connectivity index (χ2v) is 5.76. The second-order valence-electron chi connectivity index (χ2n) is 4.59. The van der Waals surface area contributed by atoms with E-state index in [4.69, 9.17) is 0 Å². The van der Waals surface area contributed by atoms with Gasteiger partial charge in [-0.15, -0.1) is 0 Å². The van der Waals surface area contributed by atoms with Crippen molar-refractivity contribution in [2.45, 2.75) is 32.2 Å². The summed E-state index contributed by atoms with van der Waals surface area (Å²) in [6, 6.07) is 8.83. The Kier molecular flexibility index (Phi) is 2.84. The number of halogens is 1. The smallest absolute Gasteiger partial charge is 0.0289 e. The van der Waals surface area contributed by atoms with Crippen LogP contribution in [0.15, 0.2) is 24.3 Å². The molecule has 1 nitrogen and oxygen atoms in total. The van der Waals surface area contributed by atoms with Crippen molar-refractivity contribution in [3.8, 4) is 0 Å². The molecule has 0 spiro atoms. The predicted octanol–water partition coefficient (Wildman–Crippen LogP) is 3.22. The van der Waals surface area contributed by atoms with Crippen molar-refractivity contribution in [1.29, 1.82) is 0 Å². The lowest BCUT2D eigenvalue weighted by Crippen LogP contribution is -2.38. The Balaban J connectivity index is 2.36. The minimum absolute atomic E-state index is 0.285. The van der Waals surface area contributed by atoms with Crippen LogP contribution in [0.2, 0.25) is 0 Å². The first-order valence-electron chi connectivity index (χ1n) is 5.10. The summed E-state index contributed by atoms with van der Waals surface area (Å²) in [5.74, 6) is 0. The van der Waals surface area contributed by atoms with E-state index >= 15 is 0 Å². The van der Waals surface area contributed by atoms with Gasteiger partial charge in [-0.25, -0.2) is 3.11 Å². The van der Waals surface area contributed by atoms with E-state index in [9.17, 15) is 0 Å². The monoisotopic (exact) mass is 301 g/mol. The molecule has 0 N–H and O–H groups in total. The van der Waals surface area contributed by atoms with Gasteiger partial charge in [0, 0.05) is 34.9 Å². The van der Waals surface area contributed by atoms with Gasteiger partial charge < -0.3 is 0 Å². The van der Waals surface area contributed by atoms with Crippen molar-refractivity contribution in [1.82, 2.24) is 3.11 Å². The van der Waals surface area contributed by atoms with Gasteiger partial charge in [0.2, 0.25) is 0 Å². The number of hydrogen-bond donors (Lipinski definition) is 0. The third-order valence-electron chi connectivity index (χ3n) is 2.98. The zero-order valence-electron chi connectivity index (χ0n) is 8.76. The van der Waals surface area contributed by atoms with Crippen LogP contribution in [0.3, 0.4) is 0 Å². The third kappa shape index (κ3) is 1.96. The van der Waals surface area contributed by atoms with Crippen LogP contribution in [0.5, 0.6) is 0 Å². The Morgan fingerprint density at radius 1 is 1.21 bits per heavy atom. The molecule has 1 aromatic carbocycles. The van der Waals surface area contributed by atoms with Gasteiger partial charge in [-0.1, -0.05) is 24.3 Å². The van der Waals surface area contributed by atoms with E-state index in [1.807, 2.05) is 0 Å². The molecule has 1 aromatic rings. The largest absolute Gasteiger partial charge is 0.241 e. The number of hydrogen-bond acceptors (Lipinski definition) is 1. The van der Waals surface area contributed by atoms with Gasteiger partial charge in [-0.3, -0.25) is 0 Å². The lowest BCUT2D eigenvalue weighted by atomic mass is 9.93. The van der Waals surface area contributed by atoms with Gasteiger partial charge in [0.15, 0.2) is 0 Å². The maximum atomic E-state index is 2.46. The third-order valence-corrected chi connectivity index (χ3v) is 4.76. The fourth-order valence-corrected chi connectivity index (χ4v) is 2.46. The van der Waals surface area contributed by atoms with E-state index in [-0.39, 0.29) is 5.54 Å². The van der Waals surface area contributed by atoms with Crippen molar-refractivity contribution in [3.63, 3.8) is 0 Å². The van der Waals surface area contributed by atoms with Gasteiger partial charge in [-0.2, -0.15) is 0 Å². The number of nitrogens with zero attached hydrogens (tertiary/aromatic N) is 1. The Labute approximate surface area is 100.0 Å². The second kappa shape index (κ2) is 3.81. The quantitative estimate of drug-likeness (QED) is 0.525. The van der Waals surface area contributed by atoms with Gasteiger partial charge in [0.25, 0.3) is 0 Å². The molecule has 2 rings (SSSR count). The molecule has 0 bridgehead atoms. The fraction of sp³-hybridized carbons (Fsp3) is 0.500. The minimum Gasteiger partial charge on any atom is -0.241 e. The molecule has 1 aliphatic heterocycles. The summed E-state index contributed by atoms with van der Waals surface area (Å²) in [4.78, 5) is 0. The van der Waals surface area contributed by atoms with Crippen molar-refractivity contribution in [2.75, 3.05) is 6.54 Å². The molecule has 0 saturated carbocycles. The first kappa shape index (κ1) is 10.4. The van der Waals surface area contributed by atoms with Crippen molar-refractivity contribution < 1.29 is 0 Å². The first-order valence-corrected chi connectivity index (χ1v) is 6.06. The van der Waals surface area contributed by atoms with E-state index in [0.29, 0.717) is 0 Å².